The van der Waals surface area contributed by atoms with Gasteiger partial charge in [-0.3, -0.25) is 0 Å². The van der Waals surface area contributed by atoms with Crippen molar-refractivity contribution >= 4 is 11.9 Å². The Bertz CT molecular complexity index is 595. The predicted octanol–water partition coefficient (Wildman–Crippen LogP) is 1.46. The first-order valence-electron chi connectivity index (χ1n) is 8.28. The number of esters is 2. The number of hydrogen-bond acceptors (Lipinski definition) is 6. The van der Waals surface area contributed by atoms with Gasteiger partial charge in [-0.15, -0.1) is 0 Å². The van der Waals surface area contributed by atoms with Gasteiger partial charge in [0.05, 0.1) is 12.0 Å². The zero-order valence-corrected chi connectivity index (χ0v) is 14.1. The fourth-order valence-electron chi connectivity index (χ4n) is 4.68. The van der Waals surface area contributed by atoms with Crippen molar-refractivity contribution in [3.05, 3.63) is 24.3 Å². The largest absolute Gasteiger partial charge is 0.415 e. The van der Waals surface area contributed by atoms with Crippen LogP contribution in [0.4, 0.5) is 0 Å². The molecule has 0 heterocycles. The molecular weight excluding hydrogens is 312 g/mol. The first-order chi connectivity index (χ1) is 11.1. The lowest BCUT2D eigenvalue weighted by molar-refractivity contribution is -0.378. The Labute approximate surface area is 141 Å². The van der Waals surface area contributed by atoms with E-state index in [1.165, 1.54) is 13.8 Å². The number of hydrogen-bond donors (Lipinski definition) is 2. The van der Waals surface area contributed by atoms with Gasteiger partial charge in [0.2, 0.25) is 0 Å². The number of aliphatic hydroxyl groups is 2. The molecule has 6 nitrogen and oxygen atoms in total. The third kappa shape index (κ3) is 2.31. The molecule has 4 rings (SSSR count). The van der Waals surface area contributed by atoms with Gasteiger partial charge in [-0.05, 0) is 51.4 Å². The fourth-order valence-corrected chi connectivity index (χ4v) is 4.68. The van der Waals surface area contributed by atoms with Crippen LogP contribution in [0.15, 0.2) is 24.3 Å². The maximum atomic E-state index is 12.2. The van der Waals surface area contributed by atoms with Crippen LogP contribution in [0.5, 0.6) is 0 Å². The van der Waals surface area contributed by atoms with E-state index in [0.717, 1.165) is 6.42 Å². The zero-order chi connectivity index (χ0) is 17.9. The van der Waals surface area contributed by atoms with E-state index in [-0.39, 0.29) is 29.4 Å². The molecule has 24 heavy (non-hydrogen) atoms. The molecule has 4 fully saturated rings. The normalized spacial score (nSPS) is 38.5. The topological polar surface area (TPSA) is 93.1 Å². The second kappa shape index (κ2) is 5.43. The van der Waals surface area contributed by atoms with Crippen LogP contribution in [-0.4, -0.2) is 39.6 Å². The van der Waals surface area contributed by atoms with E-state index in [4.69, 9.17) is 9.47 Å². The molecule has 4 aliphatic carbocycles. The summed E-state index contributed by atoms with van der Waals surface area (Å²) in [6, 6.07) is 0. The molecule has 0 aromatic rings. The van der Waals surface area contributed by atoms with Gasteiger partial charge >= 0.3 is 11.9 Å². The number of rotatable bonds is 4. The first-order valence-corrected chi connectivity index (χ1v) is 8.28. The molecule has 4 saturated carbocycles. The molecule has 132 valence electrons. The monoisotopic (exact) mass is 336 g/mol. The molecule has 0 radical (unpaired) electrons. The average molecular weight is 336 g/mol. The Hall–Kier alpha value is -1.66. The smallest absolute Gasteiger partial charge is 0.336 e. The molecule has 4 aliphatic rings. The summed E-state index contributed by atoms with van der Waals surface area (Å²) in [4.78, 5) is 24.4. The quantitative estimate of drug-likeness (QED) is 0.459. The van der Waals surface area contributed by atoms with Gasteiger partial charge in [0.1, 0.15) is 5.60 Å². The Morgan fingerprint density at radius 3 is 2.08 bits per heavy atom. The van der Waals surface area contributed by atoms with Crippen molar-refractivity contribution in [2.24, 2.45) is 17.8 Å². The van der Waals surface area contributed by atoms with Crippen molar-refractivity contribution in [3.8, 4) is 0 Å². The molecule has 4 bridgehead atoms. The van der Waals surface area contributed by atoms with Gasteiger partial charge in [-0.25, -0.2) is 9.59 Å². The van der Waals surface area contributed by atoms with Crippen LogP contribution in [-0.2, 0) is 19.1 Å². The van der Waals surface area contributed by atoms with Crippen LogP contribution in [0.1, 0.15) is 39.5 Å². The maximum absolute atomic E-state index is 12.2. The summed E-state index contributed by atoms with van der Waals surface area (Å²) in [5.74, 6) is -3.91. The standard InChI is InChI=1S/C18H24O6/c1-9(2)15(20)23-18(24-16(21)10(3)4)13-6-11-5-12(14(13)19)8-17(18,22)7-11/h11-14,19,22H,1,3,5-8H2,2,4H3. The second-order valence-electron chi connectivity index (χ2n) is 7.64. The molecule has 6 heteroatoms. The van der Waals surface area contributed by atoms with Crippen LogP contribution in [0.3, 0.4) is 0 Å². The van der Waals surface area contributed by atoms with Crippen molar-refractivity contribution in [3.63, 3.8) is 0 Å². The van der Waals surface area contributed by atoms with Crippen LogP contribution in [0, 0.1) is 17.8 Å². The average Bonchev–Trinajstić information content (AvgIpc) is 2.47. The molecule has 2 N–H and O–H groups in total. The highest BCUT2D eigenvalue weighted by Gasteiger charge is 2.73. The van der Waals surface area contributed by atoms with Gasteiger partial charge in [-0.1, -0.05) is 13.2 Å². The van der Waals surface area contributed by atoms with Gasteiger partial charge in [-0.2, -0.15) is 0 Å². The summed E-state index contributed by atoms with van der Waals surface area (Å²) in [6.07, 6.45) is 1.18. The van der Waals surface area contributed by atoms with E-state index < -0.39 is 35.3 Å². The molecule has 0 saturated heterocycles. The van der Waals surface area contributed by atoms with Gasteiger partial charge in [0.15, 0.2) is 0 Å². The van der Waals surface area contributed by atoms with Crippen molar-refractivity contribution < 1.29 is 29.3 Å². The highest BCUT2D eigenvalue weighted by molar-refractivity contribution is 5.89. The lowest BCUT2D eigenvalue weighted by atomic mass is 9.50. The van der Waals surface area contributed by atoms with E-state index in [1.807, 2.05) is 0 Å². The Balaban J connectivity index is 2.05. The summed E-state index contributed by atoms with van der Waals surface area (Å²) in [6.45, 7) is 10.1. The second-order valence-corrected chi connectivity index (χ2v) is 7.64. The minimum absolute atomic E-state index is 0.0762. The maximum Gasteiger partial charge on any atom is 0.336 e. The summed E-state index contributed by atoms with van der Waals surface area (Å²) in [7, 11) is 0. The summed E-state index contributed by atoms with van der Waals surface area (Å²) < 4.78 is 11.1. The lowest BCUT2D eigenvalue weighted by Crippen LogP contribution is -2.75. The van der Waals surface area contributed by atoms with Crippen LogP contribution >= 0.6 is 0 Å². The minimum atomic E-state index is -1.90. The van der Waals surface area contributed by atoms with Crippen LogP contribution in [0.2, 0.25) is 0 Å². The summed E-state index contributed by atoms with van der Waals surface area (Å²) >= 11 is 0. The summed E-state index contributed by atoms with van der Waals surface area (Å²) in [5.41, 5.74) is -1.24. The molecule has 0 aromatic carbocycles. The van der Waals surface area contributed by atoms with E-state index >= 15 is 0 Å². The third-order valence-electron chi connectivity index (χ3n) is 5.67. The first kappa shape index (κ1) is 17.2. The van der Waals surface area contributed by atoms with Crippen molar-refractivity contribution in [2.75, 3.05) is 0 Å². The van der Waals surface area contributed by atoms with E-state index in [1.54, 1.807) is 0 Å². The van der Waals surface area contributed by atoms with Crippen molar-refractivity contribution in [2.45, 2.75) is 57.0 Å². The highest BCUT2D eigenvalue weighted by atomic mass is 16.7. The predicted molar refractivity (Wildman–Crippen MR) is 84.4 cm³/mol. The molecule has 0 amide bonds. The molecule has 5 unspecified atom stereocenters. The van der Waals surface area contributed by atoms with Gasteiger partial charge in [0, 0.05) is 11.1 Å². The Morgan fingerprint density at radius 1 is 1.04 bits per heavy atom. The zero-order valence-electron chi connectivity index (χ0n) is 14.1. The lowest BCUT2D eigenvalue weighted by Gasteiger charge is -2.63. The number of ether oxygens (including phenoxy) is 2. The van der Waals surface area contributed by atoms with Crippen LogP contribution < -0.4 is 0 Å². The Morgan fingerprint density at radius 2 is 1.58 bits per heavy atom. The Kier molecular flexibility index (Phi) is 3.88. The molecular formula is C18H24O6. The molecule has 0 aromatic heterocycles. The third-order valence-corrected chi connectivity index (χ3v) is 5.67. The SMILES string of the molecule is C=C(C)C(=O)OC1(OC(=O)C(=C)C)C2CC3CC(CC1(O)C3)C2O. The van der Waals surface area contributed by atoms with Gasteiger partial charge in [0.25, 0.3) is 5.79 Å². The number of aliphatic hydroxyl groups excluding tert-OH is 1. The van der Waals surface area contributed by atoms with Gasteiger partial charge < -0.3 is 19.7 Å². The summed E-state index contributed by atoms with van der Waals surface area (Å²) in [5, 5.41) is 21.9. The van der Waals surface area contributed by atoms with E-state index in [9.17, 15) is 19.8 Å². The van der Waals surface area contributed by atoms with Crippen LogP contribution in [0.25, 0.3) is 0 Å². The van der Waals surface area contributed by atoms with E-state index in [2.05, 4.69) is 13.2 Å². The molecule has 5 atom stereocenters. The highest BCUT2D eigenvalue weighted by Crippen LogP contribution is 2.62. The van der Waals surface area contributed by atoms with Crippen molar-refractivity contribution in [1.29, 1.82) is 0 Å². The minimum Gasteiger partial charge on any atom is -0.415 e. The fraction of sp³-hybridized carbons (Fsp3) is 0.667. The molecule has 0 spiro atoms. The van der Waals surface area contributed by atoms with Crippen molar-refractivity contribution in [1.82, 2.24) is 0 Å². The number of carbonyl (C=O) groups is 2. The van der Waals surface area contributed by atoms with E-state index in [0.29, 0.717) is 12.8 Å². The number of carbonyl (C=O) groups excluding carboxylic acids is 2. The molecule has 0 aliphatic heterocycles.